The van der Waals surface area contributed by atoms with Crippen molar-refractivity contribution in [3.63, 3.8) is 0 Å². The molecule has 0 aliphatic carbocycles. The van der Waals surface area contributed by atoms with Gasteiger partial charge >= 0.3 is 0 Å². The molecule has 3 N–H and O–H groups in total. The molecule has 1 aromatic heterocycles. The molecule has 3 aromatic rings. The first-order valence-corrected chi connectivity index (χ1v) is 7.87. The standard InChI is InChI=1S/C19H19N5O/c1-24(13-14-7-3-2-4-8-14)16-10-6-5-9-15(16)23-19(25)17-18(20)22-12-11-21-17/h2-12H,13H2,1H3,(H2,20,22)(H,23,25). The molecule has 3 rings (SSSR count). The van der Waals surface area contributed by atoms with Crippen LogP contribution in [-0.2, 0) is 6.54 Å². The highest BCUT2D eigenvalue weighted by Gasteiger charge is 2.15. The highest BCUT2D eigenvalue weighted by atomic mass is 16.1. The Balaban J connectivity index is 1.81. The number of nitrogen functional groups attached to an aromatic ring is 1. The predicted molar refractivity (Wildman–Crippen MR) is 99.4 cm³/mol. The molecule has 25 heavy (non-hydrogen) atoms. The number of nitrogens with zero attached hydrogens (tertiary/aromatic N) is 3. The highest BCUT2D eigenvalue weighted by molar-refractivity contribution is 6.07. The van der Waals surface area contributed by atoms with E-state index in [2.05, 4.69) is 32.3 Å². The van der Waals surface area contributed by atoms with Crippen LogP contribution >= 0.6 is 0 Å². The second-order valence-corrected chi connectivity index (χ2v) is 5.60. The van der Waals surface area contributed by atoms with Crippen LogP contribution in [0.5, 0.6) is 0 Å². The van der Waals surface area contributed by atoms with Gasteiger partial charge in [0.05, 0.1) is 11.4 Å². The minimum atomic E-state index is -0.383. The predicted octanol–water partition coefficient (Wildman–Crippen LogP) is 2.95. The van der Waals surface area contributed by atoms with Crippen molar-refractivity contribution in [2.75, 3.05) is 23.0 Å². The van der Waals surface area contributed by atoms with Crippen LogP contribution in [0.4, 0.5) is 17.2 Å². The summed E-state index contributed by atoms with van der Waals surface area (Å²) in [5, 5.41) is 2.87. The number of nitrogens with one attached hydrogen (secondary N) is 1. The zero-order valence-corrected chi connectivity index (χ0v) is 13.9. The van der Waals surface area contributed by atoms with Crippen molar-refractivity contribution in [3.8, 4) is 0 Å². The number of benzene rings is 2. The molecule has 1 heterocycles. The smallest absolute Gasteiger partial charge is 0.278 e. The van der Waals surface area contributed by atoms with Gasteiger partial charge < -0.3 is 16.0 Å². The van der Waals surface area contributed by atoms with Gasteiger partial charge in [0, 0.05) is 26.0 Å². The molecule has 0 saturated carbocycles. The molecule has 0 saturated heterocycles. The van der Waals surface area contributed by atoms with Gasteiger partial charge in [0.15, 0.2) is 11.5 Å². The monoisotopic (exact) mass is 333 g/mol. The summed E-state index contributed by atoms with van der Waals surface area (Å²) in [6.07, 6.45) is 2.90. The SMILES string of the molecule is CN(Cc1ccccc1)c1ccccc1NC(=O)c1nccnc1N. The maximum Gasteiger partial charge on any atom is 0.278 e. The van der Waals surface area contributed by atoms with Crippen molar-refractivity contribution in [2.45, 2.75) is 6.54 Å². The summed E-state index contributed by atoms with van der Waals surface area (Å²) in [7, 11) is 1.98. The lowest BCUT2D eigenvalue weighted by Crippen LogP contribution is -2.21. The summed E-state index contributed by atoms with van der Waals surface area (Å²) in [6, 6.07) is 17.7. The van der Waals surface area contributed by atoms with Gasteiger partial charge in [-0.3, -0.25) is 4.79 Å². The lowest BCUT2D eigenvalue weighted by molar-refractivity contribution is 0.102. The third kappa shape index (κ3) is 3.92. The first-order chi connectivity index (χ1) is 12.1. The molecule has 2 aromatic carbocycles. The topological polar surface area (TPSA) is 84.1 Å². The lowest BCUT2D eigenvalue weighted by atomic mass is 10.2. The largest absolute Gasteiger partial charge is 0.382 e. The molecule has 0 spiro atoms. The van der Waals surface area contributed by atoms with Crippen molar-refractivity contribution >= 4 is 23.1 Å². The maximum absolute atomic E-state index is 12.5. The zero-order valence-electron chi connectivity index (χ0n) is 13.9. The quantitative estimate of drug-likeness (QED) is 0.750. The van der Waals surface area contributed by atoms with Crippen LogP contribution < -0.4 is 16.0 Å². The van der Waals surface area contributed by atoms with Gasteiger partial charge in [-0.25, -0.2) is 9.97 Å². The van der Waals surface area contributed by atoms with E-state index in [0.717, 1.165) is 12.2 Å². The van der Waals surface area contributed by atoms with Crippen LogP contribution in [0.25, 0.3) is 0 Å². The molecule has 1 amide bonds. The Morgan fingerprint density at radius 2 is 1.72 bits per heavy atom. The Labute approximate surface area is 146 Å². The van der Waals surface area contributed by atoms with Crippen molar-refractivity contribution in [1.82, 2.24) is 9.97 Å². The summed E-state index contributed by atoms with van der Waals surface area (Å²) in [4.78, 5) is 22.4. The summed E-state index contributed by atoms with van der Waals surface area (Å²) in [6.45, 7) is 0.723. The number of aromatic nitrogens is 2. The van der Waals surface area contributed by atoms with Crippen LogP contribution in [0, 0.1) is 0 Å². The van der Waals surface area contributed by atoms with Gasteiger partial charge in [-0.05, 0) is 17.7 Å². The van der Waals surface area contributed by atoms with Gasteiger partial charge in [-0.2, -0.15) is 0 Å². The van der Waals surface area contributed by atoms with E-state index in [-0.39, 0.29) is 17.4 Å². The number of anilines is 3. The molecule has 0 atom stereocenters. The normalized spacial score (nSPS) is 10.3. The molecular formula is C19H19N5O. The zero-order chi connectivity index (χ0) is 17.6. The van der Waals surface area contributed by atoms with E-state index in [9.17, 15) is 4.79 Å². The minimum absolute atomic E-state index is 0.107. The maximum atomic E-state index is 12.5. The van der Waals surface area contributed by atoms with E-state index in [0.29, 0.717) is 5.69 Å². The molecule has 0 radical (unpaired) electrons. The van der Waals surface area contributed by atoms with Crippen LogP contribution in [0.15, 0.2) is 67.0 Å². The minimum Gasteiger partial charge on any atom is -0.382 e. The molecule has 0 aliphatic rings. The lowest BCUT2D eigenvalue weighted by Gasteiger charge is -2.22. The van der Waals surface area contributed by atoms with Gasteiger partial charge in [0.2, 0.25) is 0 Å². The first-order valence-electron chi connectivity index (χ1n) is 7.87. The summed E-state index contributed by atoms with van der Waals surface area (Å²) < 4.78 is 0. The van der Waals surface area contributed by atoms with Crippen LogP contribution in [0.1, 0.15) is 16.1 Å². The Bertz CT molecular complexity index is 866. The van der Waals surface area contributed by atoms with Crippen molar-refractivity contribution < 1.29 is 4.79 Å². The van der Waals surface area contributed by atoms with E-state index in [4.69, 9.17) is 5.73 Å². The average molecular weight is 333 g/mol. The van der Waals surface area contributed by atoms with Gasteiger partial charge in [0.1, 0.15) is 0 Å². The summed E-state index contributed by atoms with van der Waals surface area (Å²) >= 11 is 0. The number of hydrogen-bond acceptors (Lipinski definition) is 5. The third-order valence-corrected chi connectivity index (χ3v) is 3.77. The number of rotatable bonds is 5. The fraction of sp³-hybridized carbons (Fsp3) is 0.105. The van der Waals surface area contributed by atoms with Crippen LogP contribution in [-0.4, -0.2) is 22.9 Å². The molecule has 6 nitrogen and oxygen atoms in total. The van der Waals surface area contributed by atoms with E-state index >= 15 is 0 Å². The number of nitrogens with two attached hydrogens (primary N) is 1. The second-order valence-electron chi connectivity index (χ2n) is 5.60. The van der Waals surface area contributed by atoms with Crippen molar-refractivity contribution in [2.24, 2.45) is 0 Å². The van der Waals surface area contributed by atoms with Gasteiger partial charge in [-0.15, -0.1) is 0 Å². The Morgan fingerprint density at radius 3 is 2.48 bits per heavy atom. The Hall–Kier alpha value is -3.41. The molecular weight excluding hydrogens is 314 g/mol. The van der Waals surface area contributed by atoms with Crippen LogP contribution in [0.3, 0.4) is 0 Å². The fourth-order valence-electron chi connectivity index (χ4n) is 2.56. The van der Waals surface area contributed by atoms with Crippen LogP contribution in [0.2, 0.25) is 0 Å². The third-order valence-electron chi connectivity index (χ3n) is 3.77. The highest BCUT2D eigenvalue weighted by Crippen LogP contribution is 2.26. The fourth-order valence-corrected chi connectivity index (χ4v) is 2.56. The second kappa shape index (κ2) is 7.44. The molecule has 0 bridgehead atoms. The molecule has 6 heteroatoms. The van der Waals surface area contributed by atoms with E-state index in [1.165, 1.54) is 18.0 Å². The van der Waals surface area contributed by atoms with Gasteiger partial charge in [0.25, 0.3) is 5.91 Å². The molecule has 126 valence electrons. The molecule has 0 unspecified atom stereocenters. The number of para-hydroxylation sites is 2. The van der Waals surface area contributed by atoms with E-state index in [1.54, 1.807) is 0 Å². The first kappa shape index (κ1) is 16.4. The number of carbonyl (C=O) groups is 1. The average Bonchev–Trinajstić information content (AvgIpc) is 2.63. The molecule has 0 fully saturated rings. The van der Waals surface area contributed by atoms with E-state index in [1.807, 2.05) is 49.5 Å². The van der Waals surface area contributed by atoms with Gasteiger partial charge in [-0.1, -0.05) is 42.5 Å². The van der Waals surface area contributed by atoms with Crippen molar-refractivity contribution in [3.05, 3.63) is 78.2 Å². The van der Waals surface area contributed by atoms with Crippen molar-refractivity contribution in [1.29, 1.82) is 0 Å². The summed E-state index contributed by atoms with van der Waals surface area (Å²) in [5.41, 5.74) is 8.62. The number of hydrogen-bond donors (Lipinski definition) is 2. The van der Waals surface area contributed by atoms with E-state index < -0.39 is 0 Å². The number of amides is 1. The Morgan fingerprint density at radius 1 is 1.04 bits per heavy atom. The Kier molecular flexibility index (Phi) is 4.89. The number of carbonyl (C=O) groups excluding carboxylic acids is 1. The molecule has 0 aliphatic heterocycles. The summed E-state index contributed by atoms with van der Waals surface area (Å²) in [5.74, 6) is -0.277.